The van der Waals surface area contributed by atoms with E-state index in [1.807, 2.05) is 13.8 Å². The van der Waals surface area contributed by atoms with Crippen molar-refractivity contribution >= 4 is 21.7 Å². The molecule has 0 aliphatic heterocycles. The molecule has 90 valence electrons. The molecule has 1 heterocycles. The number of benzene rings is 1. The van der Waals surface area contributed by atoms with Crippen molar-refractivity contribution in [2.75, 3.05) is 12.8 Å². The van der Waals surface area contributed by atoms with Gasteiger partial charge in [-0.3, -0.25) is 5.10 Å². The molecule has 1 aromatic heterocycles. The summed E-state index contributed by atoms with van der Waals surface area (Å²) in [7, 11) is 1.66. The molecule has 0 fully saturated rings. The second-order valence-electron chi connectivity index (χ2n) is 3.91. The summed E-state index contributed by atoms with van der Waals surface area (Å²) < 4.78 is 6.51. The number of nitrogens with two attached hydrogens (primary N) is 1. The van der Waals surface area contributed by atoms with Gasteiger partial charge < -0.3 is 10.5 Å². The maximum absolute atomic E-state index is 5.87. The minimum atomic E-state index is 0.549. The van der Waals surface area contributed by atoms with Crippen molar-refractivity contribution in [2.24, 2.45) is 0 Å². The normalized spacial score (nSPS) is 10.6. The first kappa shape index (κ1) is 12.0. The van der Waals surface area contributed by atoms with Crippen LogP contribution in [0.2, 0.25) is 0 Å². The number of aromatic nitrogens is 2. The molecule has 0 bridgehead atoms. The number of ether oxygens (including phenoxy) is 1. The lowest BCUT2D eigenvalue weighted by Gasteiger charge is -2.15. The average molecular weight is 296 g/mol. The van der Waals surface area contributed by atoms with E-state index in [0.717, 1.165) is 32.5 Å². The van der Waals surface area contributed by atoms with Crippen LogP contribution in [-0.2, 0) is 0 Å². The molecule has 0 radical (unpaired) electrons. The molecule has 1 aromatic carbocycles. The van der Waals surface area contributed by atoms with E-state index in [0.29, 0.717) is 5.82 Å². The van der Waals surface area contributed by atoms with Gasteiger partial charge in [-0.2, -0.15) is 5.10 Å². The predicted octanol–water partition coefficient (Wildman–Crippen LogP) is 3.05. The second kappa shape index (κ2) is 4.41. The van der Waals surface area contributed by atoms with Crippen LogP contribution in [0.5, 0.6) is 5.75 Å². The molecule has 0 atom stereocenters. The molecule has 3 N–H and O–H groups in total. The zero-order valence-electron chi connectivity index (χ0n) is 9.97. The highest BCUT2D eigenvalue weighted by atomic mass is 79.9. The van der Waals surface area contributed by atoms with Crippen LogP contribution in [0.1, 0.15) is 11.1 Å². The molecule has 5 heteroatoms. The molecule has 0 aliphatic carbocycles. The van der Waals surface area contributed by atoms with Crippen LogP contribution in [0.4, 0.5) is 5.82 Å². The summed E-state index contributed by atoms with van der Waals surface area (Å²) in [5.41, 5.74) is 9.86. The number of H-pyrrole nitrogens is 1. The van der Waals surface area contributed by atoms with Crippen molar-refractivity contribution < 1.29 is 4.74 Å². The van der Waals surface area contributed by atoms with Gasteiger partial charge in [0.25, 0.3) is 0 Å². The number of anilines is 1. The van der Waals surface area contributed by atoms with Crippen molar-refractivity contribution in [3.05, 3.63) is 27.9 Å². The van der Waals surface area contributed by atoms with Crippen LogP contribution >= 0.6 is 15.9 Å². The minimum Gasteiger partial charge on any atom is -0.496 e. The SMILES string of the molecule is COc1c(C)c(Br)cc(C)c1-c1cn[nH]c1N. The van der Waals surface area contributed by atoms with Crippen LogP contribution in [0.15, 0.2) is 16.7 Å². The summed E-state index contributed by atoms with van der Waals surface area (Å²) in [6, 6.07) is 2.06. The third-order valence-corrected chi connectivity index (χ3v) is 3.63. The number of halogens is 1. The lowest BCUT2D eigenvalue weighted by Crippen LogP contribution is -1.97. The van der Waals surface area contributed by atoms with Gasteiger partial charge in [0.2, 0.25) is 0 Å². The molecule has 2 rings (SSSR count). The Morgan fingerprint density at radius 3 is 2.65 bits per heavy atom. The molecule has 0 amide bonds. The molecule has 0 unspecified atom stereocenters. The molecular weight excluding hydrogens is 282 g/mol. The maximum Gasteiger partial charge on any atom is 0.131 e. The van der Waals surface area contributed by atoms with Gasteiger partial charge in [0.15, 0.2) is 0 Å². The number of aromatic amines is 1. The standard InChI is InChI=1S/C12H14BrN3O/c1-6-4-9(13)7(2)11(17-3)10(6)8-5-15-16-12(8)14/h4-5H,1-3H3,(H3,14,15,16). The Bertz CT molecular complexity index is 563. The first-order chi connectivity index (χ1) is 8.06. The highest BCUT2D eigenvalue weighted by Gasteiger charge is 2.17. The van der Waals surface area contributed by atoms with Crippen molar-refractivity contribution in [3.8, 4) is 16.9 Å². The highest BCUT2D eigenvalue weighted by Crippen LogP contribution is 2.40. The maximum atomic E-state index is 5.87. The Morgan fingerprint density at radius 1 is 1.41 bits per heavy atom. The summed E-state index contributed by atoms with van der Waals surface area (Å²) in [4.78, 5) is 0. The third-order valence-electron chi connectivity index (χ3n) is 2.81. The van der Waals surface area contributed by atoms with Gasteiger partial charge in [-0.25, -0.2) is 0 Å². The lowest BCUT2D eigenvalue weighted by atomic mass is 9.98. The smallest absolute Gasteiger partial charge is 0.131 e. The summed E-state index contributed by atoms with van der Waals surface area (Å²) in [6.45, 7) is 4.02. The van der Waals surface area contributed by atoms with E-state index >= 15 is 0 Å². The first-order valence-electron chi connectivity index (χ1n) is 5.19. The Labute approximate surface area is 108 Å². The van der Waals surface area contributed by atoms with Crippen LogP contribution in [0.25, 0.3) is 11.1 Å². The van der Waals surface area contributed by atoms with Gasteiger partial charge in [-0.15, -0.1) is 0 Å². The molecule has 4 nitrogen and oxygen atoms in total. The van der Waals surface area contributed by atoms with Crippen LogP contribution in [-0.4, -0.2) is 17.3 Å². The largest absolute Gasteiger partial charge is 0.496 e. The fourth-order valence-electron chi connectivity index (χ4n) is 1.93. The van der Waals surface area contributed by atoms with Crippen LogP contribution < -0.4 is 10.5 Å². The third kappa shape index (κ3) is 1.91. The zero-order chi connectivity index (χ0) is 12.6. The number of nitrogen functional groups attached to an aromatic ring is 1. The molecule has 0 saturated carbocycles. The molecule has 2 aromatic rings. The summed E-state index contributed by atoms with van der Waals surface area (Å²) >= 11 is 3.52. The lowest BCUT2D eigenvalue weighted by molar-refractivity contribution is 0.413. The molecule has 17 heavy (non-hydrogen) atoms. The Hall–Kier alpha value is -1.49. The van der Waals surface area contributed by atoms with E-state index < -0.39 is 0 Å². The van der Waals surface area contributed by atoms with Crippen molar-refractivity contribution in [3.63, 3.8) is 0 Å². The molecular formula is C12H14BrN3O. The average Bonchev–Trinajstić information content (AvgIpc) is 2.69. The Morgan fingerprint density at radius 2 is 2.12 bits per heavy atom. The number of rotatable bonds is 2. The fourth-order valence-corrected chi connectivity index (χ4v) is 2.45. The van der Waals surface area contributed by atoms with E-state index in [9.17, 15) is 0 Å². The monoisotopic (exact) mass is 295 g/mol. The van der Waals surface area contributed by atoms with Crippen molar-refractivity contribution in [1.82, 2.24) is 10.2 Å². The number of nitrogens with one attached hydrogen (secondary N) is 1. The minimum absolute atomic E-state index is 0.549. The number of hydrogen-bond acceptors (Lipinski definition) is 3. The van der Waals surface area contributed by atoms with Gasteiger partial charge >= 0.3 is 0 Å². The quantitative estimate of drug-likeness (QED) is 0.895. The topological polar surface area (TPSA) is 63.9 Å². The summed E-state index contributed by atoms with van der Waals surface area (Å²) in [5.74, 6) is 1.37. The number of aryl methyl sites for hydroxylation is 1. The predicted molar refractivity (Wildman–Crippen MR) is 72.2 cm³/mol. The number of methoxy groups -OCH3 is 1. The number of hydrogen-bond donors (Lipinski definition) is 2. The van der Waals surface area contributed by atoms with Gasteiger partial charge in [0, 0.05) is 21.2 Å². The highest BCUT2D eigenvalue weighted by molar-refractivity contribution is 9.10. The van der Waals surface area contributed by atoms with E-state index in [-0.39, 0.29) is 0 Å². The molecule has 0 saturated heterocycles. The van der Waals surface area contributed by atoms with E-state index in [1.165, 1.54) is 0 Å². The fraction of sp³-hybridized carbons (Fsp3) is 0.250. The number of nitrogens with zero attached hydrogens (tertiary/aromatic N) is 1. The summed E-state index contributed by atoms with van der Waals surface area (Å²) in [5, 5.41) is 6.69. The first-order valence-corrected chi connectivity index (χ1v) is 5.98. The van der Waals surface area contributed by atoms with Crippen LogP contribution in [0.3, 0.4) is 0 Å². The van der Waals surface area contributed by atoms with Gasteiger partial charge in [0.05, 0.1) is 13.3 Å². The van der Waals surface area contributed by atoms with Gasteiger partial charge in [-0.1, -0.05) is 15.9 Å². The van der Waals surface area contributed by atoms with Gasteiger partial charge in [-0.05, 0) is 25.5 Å². The Kier molecular flexibility index (Phi) is 3.11. The zero-order valence-corrected chi connectivity index (χ0v) is 11.6. The van der Waals surface area contributed by atoms with Crippen LogP contribution in [0, 0.1) is 13.8 Å². The molecule has 0 spiro atoms. The van der Waals surface area contributed by atoms with E-state index in [4.69, 9.17) is 10.5 Å². The summed E-state index contributed by atoms with van der Waals surface area (Å²) in [6.07, 6.45) is 1.72. The van der Waals surface area contributed by atoms with Crippen molar-refractivity contribution in [1.29, 1.82) is 0 Å². The van der Waals surface area contributed by atoms with Gasteiger partial charge in [0.1, 0.15) is 11.6 Å². The Balaban J connectivity index is 2.77. The molecule has 0 aliphatic rings. The van der Waals surface area contributed by atoms with Crippen molar-refractivity contribution in [2.45, 2.75) is 13.8 Å². The second-order valence-corrected chi connectivity index (χ2v) is 4.76. The van der Waals surface area contributed by atoms with E-state index in [2.05, 4.69) is 32.2 Å². The van der Waals surface area contributed by atoms with E-state index in [1.54, 1.807) is 13.3 Å².